The number of unbranched alkanes of at least 4 members (excludes halogenated alkanes) is 1. The summed E-state index contributed by atoms with van der Waals surface area (Å²) in [6, 6.07) is -0.374. The van der Waals surface area contributed by atoms with Gasteiger partial charge < -0.3 is 10.1 Å². The van der Waals surface area contributed by atoms with Gasteiger partial charge in [0.25, 0.3) is 0 Å². The molecule has 0 aromatic rings. The van der Waals surface area contributed by atoms with Crippen LogP contribution in [0.2, 0.25) is 0 Å². The van der Waals surface area contributed by atoms with Crippen LogP contribution in [0.25, 0.3) is 0 Å². The largest absolute Gasteiger partial charge is 0.468 e. The fourth-order valence-electron chi connectivity index (χ4n) is 0.943. The van der Waals surface area contributed by atoms with Crippen molar-refractivity contribution in [2.45, 2.75) is 32.7 Å². The number of carbonyl (C=O) groups excluding carboxylic acids is 2. The first kappa shape index (κ1) is 13.9. The Morgan fingerprint density at radius 2 is 2.07 bits per heavy atom. The van der Waals surface area contributed by atoms with Gasteiger partial charge in [-0.05, 0) is 13.3 Å². The van der Waals surface area contributed by atoms with Crippen LogP contribution >= 0.6 is 0 Å². The van der Waals surface area contributed by atoms with E-state index in [-0.39, 0.29) is 24.5 Å². The molecule has 0 aliphatic heterocycles. The second kappa shape index (κ2) is 8.23. The third-order valence-corrected chi connectivity index (χ3v) is 2.00. The number of amides is 1. The SMILES string of the molecule is CCCCNC(=O)C(C)NCC(=O)OC. The second-order valence-corrected chi connectivity index (χ2v) is 3.32. The highest BCUT2D eigenvalue weighted by molar-refractivity contribution is 5.82. The Kier molecular flexibility index (Phi) is 7.62. The van der Waals surface area contributed by atoms with Crippen LogP contribution in [0.4, 0.5) is 0 Å². The number of hydrogen-bond acceptors (Lipinski definition) is 4. The lowest BCUT2D eigenvalue weighted by molar-refractivity contribution is -0.139. The fraction of sp³-hybridized carbons (Fsp3) is 0.800. The molecule has 0 fully saturated rings. The quantitative estimate of drug-likeness (QED) is 0.466. The highest BCUT2D eigenvalue weighted by Gasteiger charge is 2.12. The van der Waals surface area contributed by atoms with Crippen LogP contribution in [-0.2, 0) is 14.3 Å². The average Bonchev–Trinajstić information content (AvgIpc) is 2.25. The number of carbonyl (C=O) groups is 2. The maximum absolute atomic E-state index is 11.4. The first-order valence-corrected chi connectivity index (χ1v) is 5.19. The Balaban J connectivity index is 3.64. The fourth-order valence-corrected chi connectivity index (χ4v) is 0.943. The van der Waals surface area contributed by atoms with Gasteiger partial charge in [0.05, 0.1) is 19.7 Å². The van der Waals surface area contributed by atoms with Gasteiger partial charge in [0.1, 0.15) is 0 Å². The highest BCUT2D eigenvalue weighted by atomic mass is 16.5. The number of rotatable bonds is 7. The molecule has 1 amide bonds. The summed E-state index contributed by atoms with van der Waals surface area (Å²) in [4.78, 5) is 22.2. The Hall–Kier alpha value is -1.10. The normalized spacial score (nSPS) is 11.9. The van der Waals surface area contributed by atoms with Crippen LogP contribution in [0.5, 0.6) is 0 Å². The third-order valence-electron chi connectivity index (χ3n) is 2.00. The Bertz CT molecular complexity index is 207. The standard InChI is InChI=1S/C10H20N2O3/c1-4-5-6-11-10(14)8(2)12-7-9(13)15-3/h8,12H,4-7H2,1-3H3,(H,11,14). The van der Waals surface area contributed by atoms with E-state index in [9.17, 15) is 9.59 Å². The summed E-state index contributed by atoms with van der Waals surface area (Å²) in [5, 5.41) is 5.54. The first-order valence-electron chi connectivity index (χ1n) is 5.19. The molecular formula is C10H20N2O3. The summed E-state index contributed by atoms with van der Waals surface area (Å²) in [7, 11) is 1.32. The third kappa shape index (κ3) is 6.90. The van der Waals surface area contributed by atoms with E-state index in [2.05, 4.69) is 22.3 Å². The molecule has 1 atom stereocenters. The zero-order chi connectivity index (χ0) is 11.7. The highest BCUT2D eigenvalue weighted by Crippen LogP contribution is 1.86. The van der Waals surface area contributed by atoms with E-state index in [0.29, 0.717) is 6.54 Å². The minimum Gasteiger partial charge on any atom is -0.468 e. The van der Waals surface area contributed by atoms with Crippen LogP contribution in [0.3, 0.4) is 0 Å². The van der Waals surface area contributed by atoms with E-state index in [1.807, 2.05) is 0 Å². The van der Waals surface area contributed by atoms with Gasteiger partial charge in [0.2, 0.25) is 5.91 Å². The molecule has 0 bridgehead atoms. The second-order valence-electron chi connectivity index (χ2n) is 3.32. The summed E-state index contributed by atoms with van der Waals surface area (Å²) in [5.74, 6) is -0.462. The minimum absolute atomic E-state index is 0.0544. The summed E-state index contributed by atoms with van der Waals surface area (Å²) >= 11 is 0. The van der Waals surface area contributed by atoms with Crippen molar-refractivity contribution in [1.82, 2.24) is 10.6 Å². The summed E-state index contributed by atoms with van der Waals surface area (Å²) < 4.78 is 4.45. The van der Waals surface area contributed by atoms with Gasteiger partial charge in [-0.1, -0.05) is 13.3 Å². The molecule has 0 aromatic carbocycles. The molecule has 5 heteroatoms. The number of esters is 1. The van der Waals surface area contributed by atoms with Gasteiger partial charge in [-0.2, -0.15) is 0 Å². The van der Waals surface area contributed by atoms with Crippen molar-refractivity contribution < 1.29 is 14.3 Å². The molecule has 0 rings (SSSR count). The van der Waals surface area contributed by atoms with Crippen molar-refractivity contribution in [3.05, 3.63) is 0 Å². The van der Waals surface area contributed by atoms with E-state index in [1.165, 1.54) is 7.11 Å². The molecule has 15 heavy (non-hydrogen) atoms. The Morgan fingerprint density at radius 1 is 1.40 bits per heavy atom. The van der Waals surface area contributed by atoms with E-state index >= 15 is 0 Å². The molecule has 0 radical (unpaired) electrons. The summed E-state index contributed by atoms with van der Waals surface area (Å²) in [6.45, 7) is 4.51. The molecule has 0 spiro atoms. The molecule has 0 heterocycles. The lowest BCUT2D eigenvalue weighted by Gasteiger charge is -2.12. The van der Waals surface area contributed by atoms with Crippen molar-refractivity contribution in [3.63, 3.8) is 0 Å². The zero-order valence-electron chi connectivity index (χ0n) is 9.63. The van der Waals surface area contributed by atoms with Crippen molar-refractivity contribution in [2.75, 3.05) is 20.2 Å². The topological polar surface area (TPSA) is 67.4 Å². The van der Waals surface area contributed by atoms with Crippen LogP contribution in [-0.4, -0.2) is 38.1 Å². The van der Waals surface area contributed by atoms with Gasteiger partial charge in [0, 0.05) is 6.54 Å². The molecule has 1 unspecified atom stereocenters. The maximum Gasteiger partial charge on any atom is 0.319 e. The number of ether oxygens (including phenoxy) is 1. The van der Waals surface area contributed by atoms with Gasteiger partial charge in [-0.3, -0.25) is 14.9 Å². The maximum atomic E-state index is 11.4. The summed E-state index contributed by atoms with van der Waals surface area (Å²) in [5.41, 5.74) is 0. The Morgan fingerprint density at radius 3 is 2.60 bits per heavy atom. The molecular weight excluding hydrogens is 196 g/mol. The monoisotopic (exact) mass is 216 g/mol. The zero-order valence-corrected chi connectivity index (χ0v) is 9.63. The van der Waals surface area contributed by atoms with E-state index < -0.39 is 0 Å². The number of methoxy groups -OCH3 is 1. The molecule has 0 saturated heterocycles. The molecule has 5 nitrogen and oxygen atoms in total. The van der Waals surface area contributed by atoms with Gasteiger partial charge >= 0.3 is 5.97 Å². The van der Waals surface area contributed by atoms with Crippen molar-refractivity contribution in [1.29, 1.82) is 0 Å². The smallest absolute Gasteiger partial charge is 0.319 e. The van der Waals surface area contributed by atoms with Crippen LogP contribution < -0.4 is 10.6 Å². The van der Waals surface area contributed by atoms with Gasteiger partial charge in [0.15, 0.2) is 0 Å². The van der Waals surface area contributed by atoms with Crippen LogP contribution in [0, 0.1) is 0 Å². The first-order chi connectivity index (χ1) is 7.11. The van der Waals surface area contributed by atoms with Crippen molar-refractivity contribution >= 4 is 11.9 Å². The molecule has 0 aliphatic carbocycles. The van der Waals surface area contributed by atoms with E-state index in [4.69, 9.17) is 0 Å². The van der Waals surface area contributed by atoms with Crippen LogP contribution in [0.1, 0.15) is 26.7 Å². The summed E-state index contributed by atoms with van der Waals surface area (Å²) in [6.07, 6.45) is 2.01. The molecule has 0 saturated carbocycles. The van der Waals surface area contributed by atoms with Crippen LogP contribution in [0.15, 0.2) is 0 Å². The van der Waals surface area contributed by atoms with E-state index in [0.717, 1.165) is 12.8 Å². The minimum atomic E-state index is -0.374. The lowest BCUT2D eigenvalue weighted by atomic mass is 10.3. The predicted octanol–water partition coefficient (Wildman–Crippen LogP) is 0.0538. The lowest BCUT2D eigenvalue weighted by Crippen LogP contribution is -2.44. The molecule has 88 valence electrons. The van der Waals surface area contributed by atoms with Crippen molar-refractivity contribution in [3.8, 4) is 0 Å². The molecule has 0 aliphatic rings. The van der Waals surface area contributed by atoms with Gasteiger partial charge in [-0.15, -0.1) is 0 Å². The number of hydrogen-bond donors (Lipinski definition) is 2. The number of nitrogens with one attached hydrogen (secondary N) is 2. The predicted molar refractivity (Wildman–Crippen MR) is 57.4 cm³/mol. The molecule has 2 N–H and O–H groups in total. The Labute approximate surface area is 90.6 Å². The molecule has 0 aromatic heterocycles. The van der Waals surface area contributed by atoms with E-state index in [1.54, 1.807) is 6.92 Å². The van der Waals surface area contributed by atoms with Gasteiger partial charge in [-0.25, -0.2) is 0 Å². The average molecular weight is 216 g/mol. The van der Waals surface area contributed by atoms with Crippen molar-refractivity contribution in [2.24, 2.45) is 0 Å².